The van der Waals surface area contributed by atoms with Gasteiger partial charge in [0.25, 0.3) is 0 Å². The number of phenolic OH excluding ortho intramolecular Hbond substituents is 1. The number of allylic oxidation sites excluding steroid dienone is 2. The number of nitrogens with two attached hydrogens (primary N) is 1. The molecule has 192 valence electrons. The molecule has 0 heterocycles. The molecule has 5 nitrogen and oxygen atoms in total. The summed E-state index contributed by atoms with van der Waals surface area (Å²) in [5.41, 5.74) is 12.2. The van der Waals surface area contributed by atoms with Crippen LogP contribution in [0.2, 0.25) is 0 Å². The van der Waals surface area contributed by atoms with Gasteiger partial charge in [0, 0.05) is 11.4 Å². The van der Waals surface area contributed by atoms with Crippen LogP contribution in [0.5, 0.6) is 17.2 Å². The third kappa shape index (κ3) is 11.5. The first kappa shape index (κ1) is 31.6. The van der Waals surface area contributed by atoms with Crippen LogP contribution < -0.4 is 15.8 Å². The number of aliphatic hydroxyl groups excluding tert-OH is 1. The van der Waals surface area contributed by atoms with Gasteiger partial charge in [-0.25, -0.2) is 0 Å². The molecule has 0 aliphatic carbocycles. The van der Waals surface area contributed by atoms with Crippen LogP contribution in [0.3, 0.4) is 0 Å². The van der Waals surface area contributed by atoms with Crippen LogP contribution in [0.4, 0.5) is 5.69 Å². The fraction of sp³-hybridized carbons (Fsp3) is 0.333. The van der Waals surface area contributed by atoms with Crippen molar-refractivity contribution in [2.24, 2.45) is 5.73 Å². The van der Waals surface area contributed by atoms with Crippen LogP contribution in [-0.2, 0) is 6.42 Å². The maximum absolute atomic E-state index is 9.57. The van der Waals surface area contributed by atoms with Gasteiger partial charge in [-0.1, -0.05) is 69.7 Å². The molecule has 0 unspecified atom stereocenters. The molecule has 0 radical (unpaired) electrons. The molecule has 3 rings (SSSR count). The van der Waals surface area contributed by atoms with Crippen molar-refractivity contribution in [2.75, 3.05) is 12.0 Å². The van der Waals surface area contributed by atoms with Gasteiger partial charge in [0.15, 0.2) is 11.5 Å². The summed E-state index contributed by atoms with van der Waals surface area (Å²) in [6.45, 7) is 16.0. The number of hydrogen-bond donors (Lipinski definition) is 4. The number of aryl methyl sites for hydroxylation is 2. The summed E-state index contributed by atoms with van der Waals surface area (Å²) in [6.07, 6.45) is 0.811. The van der Waals surface area contributed by atoms with E-state index < -0.39 is 0 Å². The first-order valence-electron chi connectivity index (χ1n) is 12.2. The standard InChI is InChI=1S/C14H14O2.C12H18N2O.2C2H6/c1-10-7-8-12(9-11(10)2)16-14-6-4-3-5-13(14)15;1-9(10(2)13)7-11-5-3-4-6-12(11)14-8-15;2*1-2/h3-9,15H,1-2H3;3-6,14-15H,7-8,13H2,1-2H3;2*1-2H3/b;10-9+;;. The molecule has 3 aromatic carbocycles. The highest BCUT2D eigenvalue weighted by Crippen LogP contribution is 2.30. The molecule has 3 aromatic rings. The van der Waals surface area contributed by atoms with Crippen LogP contribution in [0.1, 0.15) is 58.2 Å². The third-order valence-corrected chi connectivity index (χ3v) is 4.99. The largest absolute Gasteiger partial charge is 0.504 e. The molecule has 0 saturated carbocycles. The quantitative estimate of drug-likeness (QED) is 0.272. The fourth-order valence-electron chi connectivity index (χ4n) is 2.81. The zero-order valence-corrected chi connectivity index (χ0v) is 22.6. The summed E-state index contributed by atoms with van der Waals surface area (Å²) in [5, 5.41) is 21.3. The average Bonchev–Trinajstić information content (AvgIpc) is 2.87. The summed E-state index contributed by atoms with van der Waals surface area (Å²) in [6, 6.07) is 20.7. The Labute approximate surface area is 212 Å². The Morgan fingerprint density at radius 1 is 0.857 bits per heavy atom. The van der Waals surface area contributed by atoms with Gasteiger partial charge in [-0.15, -0.1) is 0 Å². The summed E-state index contributed by atoms with van der Waals surface area (Å²) >= 11 is 0. The van der Waals surface area contributed by atoms with Crippen molar-refractivity contribution in [3.63, 3.8) is 0 Å². The lowest BCUT2D eigenvalue weighted by atomic mass is 10.0. The molecule has 35 heavy (non-hydrogen) atoms. The van der Waals surface area contributed by atoms with Crippen LogP contribution in [-0.4, -0.2) is 16.9 Å². The molecule has 5 heteroatoms. The molecule has 0 aromatic heterocycles. The summed E-state index contributed by atoms with van der Waals surface area (Å²) in [7, 11) is 0. The summed E-state index contributed by atoms with van der Waals surface area (Å²) in [5.74, 6) is 1.37. The Kier molecular flexibility index (Phi) is 16.2. The first-order chi connectivity index (χ1) is 16.8. The normalized spacial score (nSPS) is 10.2. The van der Waals surface area contributed by atoms with Gasteiger partial charge in [0.2, 0.25) is 0 Å². The maximum atomic E-state index is 9.57. The predicted molar refractivity (Wildman–Crippen MR) is 150 cm³/mol. The van der Waals surface area contributed by atoms with Crippen molar-refractivity contribution >= 4 is 5.69 Å². The Morgan fingerprint density at radius 3 is 2.03 bits per heavy atom. The third-order valence-electron chi connectivity index (χ3n) is 4.99. The van der Waals surface area contributed by atoms with Crippen molar-refractivity contribution in [1.82, 2.24) is 0 Å². The lowest BCUT2D eigenvalue weighted by Crippen LogP contribution is -2.04. The molecular formula is C30H44N2O3. The summed E-state index contributed by atoms with van der Waals surface area (Å²) < 4.78 is 5.59. The fourth-order valence-corrected chi connectivity index (χ4v) is 2.81. The number of aromatic hydroxyl groups is 1. The van der Waals surface area contributed by atoms with Crippen LogP contribution >= 0.6 is 0 Å². The van der Waals surface area contributed by atoms with Gasteiger partial charge >= 0.3 is 0 Å². The Morgan fingerprint density at radius 2 is 1.46 bits per heavy atom. The number of para-hydroxylation sites is 3. The van der Waals surface area contributed by atoms with E-state index in [9.17, 15) is 5.11 Å². The van der Waals surface area contributed by atoms with E-state index >= 15 is 0 Å². The van der Waals surface area contributed by atoms with E-state index in [1.807, 2.05) is 97.0 Å². The molecule has 0 saturated heterocycles. The van der Waals surface area contributed by atoms with Crippen LogP contribution in [0.25, 0.3) is 0 Å². The van der Waals surface area contributed by atoms with E-state index in [1.54, 1.807) is 18.2 Å². The van der Waals surface area contributed by atoms with Gasteiger partial charge in [0.05, 0.1) is 0 Å². The summed E-state index contributed by atoms with van der Waals surface area (Å²) in [4.78, 5) is 0. The number of nitrogens with one attached hydrogen (secondary N) is 1. The van der Waals surface area contributed by atoms with Crippen LogP contribution in [0, 0.1) is 13.8 Å². The highest BCUT2D eigenvalue weighted by atomic mass is 16.5. The Bertz CT molecular complexity index is 1030. The molecule has 0 aliphatic heterocycles. The minimum Gasteiger partial charge on any atom is -0.504 e. The number of aliphatic hydroxyl groups is 1. The molecule has 5 N–H and O–H groups in total. The van der Waals surface area contributed by atoms with E-state index in [4.69, 9.17) is 15.6 Å². The highest BCUT2D eigenvalue weighted by molar-refractivity contribution is 5.52. The SMILES string of the molecule is C/C(N)=C(/C)Cc1ccccc1NCO.CC.CC.Cc1ccc(Oc2ccccc2O)cc1C. The number of benzene rings is 3. The second kappa shape index (κ2) is 18.0. The molecular weight excluding hydrogens is 436 g/mol. The zero-order chi connectivity index (χ0) is 26.8. The van der Waals surface area contributed by atoms with Crippen LogP contribution in [0.15, 0.2) is 78.0 Å². The van der Waals surface area contributed by atoms with Crippen molar-refractivity contribution in [2.45, 2.75) is 61.8 Å². The van der Waals surface area contributed by atoms with Gasteiger partial charge in [0.1, 0.15) is 12.5 Å². The van der Waals surface area contributed by atoms with E-state index in [0.29, 0.717) is 5.75 Å². The minimum atomic E-state index is -0.0542. The topological polar surface area (TPSA) is 87.7 Å². The second-order valence-corrected chi connectivity index (χ2v) is 7.45. The number of anilines is 1. The van der Waals surface area contributed by atoms with Gasteiger partial charge in [-0.05, 0) is 81.1 Å². The van der Waals surface area contributed by atoms with E-state index in [1.165, 1.54) is 11.1 Å². The van der Waals surface area contributed by atoms with E-state index in [-0.39, 0.29) is 12.5 Å². The average molecular weight is 481 g/mol. The van der Waals surface area contributed by atoms with Gasteiger partial charge in [-0.3, -0.25) is 0 Å². The molecule has 0 spiro atoms. The molecule has 0 fully saturated rings. The first-order valence-corrected chi connectivity index (χ1v) is 12.2. The van der Waals surface area contributed by atoms with Crippen molar-refractivity contribution < 1.29 is 14.9 Å². The Hall–Kier alpha value is -3.44. The number of hydrogen-bond acceptors (Lipinski definition) is 5. The zero-order valence-electron chi connectivity index (χ0n) is 22.6. The maximum Gasteiger partial charge on any atom is 0.169 e. The molecule has 0 aliphatic rings. The molecule has 0 amide bonds. The molecule has 0 bridgehead atoms. The second-order valence-electron chi connectivity index (χ2n) is 7.45. The molecule has 0 atom stereocenters. The monoisotopic (exact) mass is 480 g/mol. The number of ether oxygens (including phenoxy) is 1. The van der Waals surface area contributed by atoms with Crippen molar-refractivity contribution in [1.29, 1.82) is 0 Å². The van der Waals surface area contributed by atoms with Crippen molar-refractivity contribution in [3.05, 3.63) is 94.7 Å². The highest BCUT2D eigenvalue weighted by Gasteiger charge is 2.04. The minimum absolute atomic E-state index is 0.0542. The number of phenols is 1. The van der Waals surface area contributed by atoms with E-state index in [0.717, 1.165) is 34.7 Å². The number of rotatable bonds is 6. The van der Waals surface area contributed by atoms with Gasteiger partial charge in [-0.2, -0.15) is 0 Å². The predicted octanol–water partition coefficient (Wildman–Crippen LogP) is 7.70. The van der Waals surface area contributed by atoms with Gasteiger partial charge < -0.3 is 26.0 Å². The Balaban J connectivity index is 0.000000580. The lowest BCUT2D eigenvalue weighted by Gasteiger charge is -2.11. The smallest absolute Gasteiger partial charge is 0.169 e. The van der Waals surface area contributed by atoms with Crippen molar-refractivity contribution in [3.8, 4) is 17.2 Å². The lowest BCUT2D eigenvalue weighted by molar-refractivity contribution is 0.325. The van der Waals surface area contributed by atoms with E-state index in [2.05, 4.69) is 12.2 Å².